The van der Waals surface area contributed by atoms with E-state index in [-0.39, 0.29) is 0 Å². The van der Waals surface area contributed by atoms with E-state index in [2.05, 4.69) is 35.4 Å². The number of thioether (sulfide) groups is 1. The van der Waals surface area contributed by atoms with Gasteiger partial charge in [0.15, 0.2) is 0 Å². The molecular formula is C17H21ClN2S. The molecule has 0 amide bonds. The predicted molar refractivity (Wildman–Crippen MR) is 92.2 cm³/mol. The SMILES string of the molecule is CCCNC(CSc1ccc(Cl)cc1)Cc1ccccn1. The monoisotopic (exact) mass is 320 g/mol. The lowest BCUT2D eigenvalue weighted by atomic mass is 10.1. The summed E-state index contributed by atoms with van der Waals surface area (Å²) in [5.41, 5.74) is 1.14. The van der Waals surface area contributed by atoms with Crippen molar-refractivity contribution < 1.29 is 0 Å². The molecule has 0 saturated heterocycles. The molecule has 1 heterocycles. The van der Waals surface area contributed by atoms with E-state index in [0.29, 0.717) is 6.04 Å². The maximum atomic E-state index is 5.92. The summed E-state index contributed by atoms with van der Waals surface area (Å²) in [5, 5.41) is 4.40. The zero-order chi connectivity index (χ0) is 14.9. The highest BCUT2D eigenvalue weighted by molar-refractivity contribution is 7.99. The molecule has 2 aromatic rings. The van der Waals surface area contributed by atoms with Gasteiger partial charge >= 0.3 is 0 Å². The maximum absolute atomic E-state index is 5.92. The van der Waals surface area contributed by atoms with Crippen LogP contribution in [-0.2, 0) is 6.42 Å². The van der Waals surface area contributed by atoms with Crippen molar-refractivity contribution in [2.75, 3.05) is 12.3 Å². The number of nitrogens with zero attached hydrogens (tertiary/aromatic N) is 1. The van der Waals surface area contributed by atoms with E-state index in [1.807, 2.05) is 42.2 Å². The summed E-state index contributed by atoms with van der Waals surface area (Å²) < 4.78 is 0. The van der Waals surface area contributed by atoms with Crippen molar-refractivity contribution in [1.29, 1.82) is 0 Å². The van der Waals surface area contributed by atoms with Crippen molar-refractivity contribution in [2.24, 2.45) is 0 Å². The van der Waals surface area contributed by atoms with E-state index in [4.69, 9.17) is 11.6 Å². The minimum absolute atomic E-state index is 0.431. The normalized spacial score (nSPS) is 12.3. The first-order chi connectivity index (χ1) is 10.3. The summed E-state index contributed by atoms with van der Waals surface area (Å²) in [6.07, 6.45) is 3.96. The highest BCUT2D eigenvalue weighted by atomic mass is 35.5. The van der Waals surface area contributed by atoms with Gasteiger partial charge in [-0.2, -0.15) is 0 Å². The van der Waals surface area contributed by atoms with Crippen LogP contribution in [0.2, 0.25) is 5.02 Å². The van der Waals surface area contributed by atoms with Crippen molar-refractivity contribution in [1.82, 2.24) is 10.3 Å². The van der Waals surface area contributed by atoms with Gasteiger partial charge in [0.25, 0.3) is 0 Å². The third-order valence-corrected chi connectivity index (χ3v) is 4.56. The fourth-order valence-corrected chi connectivity index (χ4v) is 3.12. The Labute approximate surface area is 136 Å². The molecule has 1 atom stereocenters. The molecule has 21 heavy (non-hydrogen) atoms. The molecule has 1 aromatic carbocycles. The first-order valence-corrected chi connectivity index (χ1v) is 8.66. The smallest absolute Gasteiger partial charge is 0.0419 e. The Balaban J connectivity index is 1.91. The van der Waals surface area contributed by atoms with Gasteiger partial charge in [-0.3, -0.25) is 4.98 Å². The van der Waals surface area contributed by atoms with Gasteiger partial charge in [0.2, 0.25) is 0 Å². The van der Waals surface area contributed by atoms with Gasteiger partial charge in [0, 0.05) is 40.0 Å². The Morgan fingerprint density at radius 1 is 1.19 bits per heavy atom. The Morgan fingerprint density at radius 2 is 2.00 bits per heavy atom. The van der Waals surface area contributed by atoms with E-state index in [1.54, 1.807) is 0 Å². The van der Waals surface area contributed by atoms with Crippen molar-refractivity contribution in [2.45, 2.75) is 30.7 Å². The van der Waals surface area contributed by atoms with Crippen LogP contribution < -0.4 is 5.32 Å². The van der Waals surface area contributed by atoms with E-state index in [0.717, 1.165) is 35.9 Å². The first-order valence-electron chi connectivity index (χ1n) is 7.29. The van der Waals surface area contributed by atoms with Crippen LogP contribution in [0.15, 0.2) is 53.6 Å². The highest BCUT2D eigenvalue weighted by Crippen LogP contribution is 2.21. The second-order valence-corrected chi connectivity index (χ2v) is 6.47. The van der Waals surface area contributed by atoms with Gasteiger partial charge in [0.05, 0.1) is 0 Å². The number of nitrogens with one attached hydrogen (secondary N) is 1. The predicted octanol–water partition coefficient (Wildman–Crippen LogP) is 4.44. The third-order valence-electron chi connectivity index (χ3n) is 3.13. The Kier molecular flexibility index (Phi) is 7.07. The minimum Gasteiger partial charge on any atom is -0.313 e. The van der Waals surface area contributed by atoms with Crippen LogP contribution in [-0.4, -0.2) is 23.3 Å². The number of rotatable bonds is 8. The quantitative estimate of drug-likeness (QED) is 0.728. The van der Waals surface area contributed by atoms with Gasteiger partial charge in [-0.05, 0) is 49.4 Å². The first kappa shape index (κ1) is 16.3. The molecule has 2 nitrogen and oxygen atoms in total. The number of benzene rings is 1. The van der Waals surface area contributed by atoms with Crippen molar-refractivity contribution in [3.63, 3.8) is 0 Å². The highest BCUT2D eigenvalue weighted by Gasteiger charge is 2.10. The molecule has 0 saturated carbocycles. The summed E-state index contributed by atoms with van der Waals surface area (Å²) in [5.74, 6) is 1.03. The zero-order valence-corrected chi connectivity index (χ0v) is 13.8. The fraction of sp³-hybridized carbons (Fsp3) is 0.353. The number of hydrogen-bond donors (Lipinski definition) is 1. The molecule has 0 fully saturated rings. The van der Waals surface area contributed by atoms with Gasteiger partial charge in [-0.25, -0.2) is 0 Å². The van der Waals surface area contributed by atoms with E-state index < -0.39 is 0 Å². The molecule has 0 radical (unpaired) electrons. The van der Waals surface area contributed by atoms with Gasteiger partial charge < -0.3 is 5.32 Å². The molecule has 1 aromatic heterocycles. The lowest BCUT2D eigenvalue weighted by Crippen LogP contribution is -2.34. The number of hydrogen-bond acceptors (Lipinski definition) is 3. The van der Waals surface area contributed by atoms with E-state index >= 15 is 0 Å². The van der Waals surface area contributed by atoms with Crippen LogP contribution in [0.4, 0.5) is 0 Å². The van der Waals surface area contributed by atoms with Crippen LogP contribution in [0.1, 0.15) is 19.0 Å². The van der Waals surface area contributed by atoms with E-state index in [1.165, 1.54) is 4.90 Å². The maximum Gasteiger partial charge on any atom is 0.0419 e. The second kappa shape index (κ2) is 9.08. The minimum atomic E-state index is 0.431. The molecule has 0 spiro atoms. The zero-order valence-electron chi connectivity index (χ0n) is 12.3. The number of halogens is 1. The van der Waals surface area contributed by atoms with Crippen LogP contribution in [0.3, 0.4) is 0 Å². The summed E-state index contributed by atoms with van der Waals surface area (Å²) >= 11 is 7.78. The molecule has 4 heteroatoms. The molecule has 112 valence electrons. The molecule has 0 aliphatic heterocycles. The average molecular weight is 321 g/mol. The van der Waals surface area contributed by atoms with Crippen molar-refractivity contribution in [3.05, 3.63) is 59.4 Å². The van der Waals surface area contributed by atoms with Crippen LogP contribution in [0, 0.1) is 0 Å². The van der Waals surface area contributed by atoms with Crippen molar-refractivity contribution >= 4 is 23.4 Å². The summed E-state index contributed by atoms with van der Waals surface area (Å²) in [4.78, 5) is 5.68. The Hall–Kier alpha value is -1.03. The van der Waals surface area contributed by atoms with E-state index in [9.17, 15) is 0 Å². The van der Waals surface area contributed by atoms with Crippen LogP contribution in [0.25, 0.3) is 0 Å². The van der Waals surface area contributed by atoms with Gasteiger partial charge in [0.1, 0.15) is 0 Å². The molecular weight excluding hydrogens is 300 g/mol. The fourth-order valence-electron chi connectivity index (χ4n) is 2.04. The Morgan fingerprint density at radius 3 is 2.67 bits per heavy atom. The van der Waals surface area contributed by atoms with Gasteiger partial charge in [-0.15, -0.1) is 11.8 Å². The van der Waals surface area contributed by atoms with Crippen LogP contribution >= 0.6 is 23.4 Å². The molecule has 2 rings (SSSR count). The second-order valence-electron chi connectivity index (χ2n) is 4.94. The topological polar surface area (TPSA) is 24.9 Å². The molecule has 0 aliphatic rings. The standard InChI is InChI=1S/C17H21ClN2S/c1-2-10-19-16(12-15-5-3-4-11-20-15)13-21-17-8-6-14(18)7-9-17/h3-9,11,16,19H,2,10,12-13H2,1H3. The van der Waals surface area contributed by atoms with Crippen molar-refractivity contribution in [3.8, 4) is 0 Å². The summed E-state index contributed by atoms with van der Waals surface area (Å²) in [7, 11) is 0. The summed E-state index contributed by atoms with van der Waals surface area (Å²) in [6.45, 7) is 3.23. The number of aromatic nitrogens is 1. The molecule has 0 bridgehead atoms. The molecule has 1 N–H and O–H groups in total. The molecule has 0 aliphatic carbocycles. The largest absolute Gasteiger partial charge is 0.313 e. The Bertz CT molecular complexity index is 516. The van der Waals surface area contributed by atoms with Crippen LogP contribution in [0.5, 0.6) is 0 Å². The summed E-state index contributed by atoms with van der Waals surface area (Å²) in [6, 6.07) is 14.6. The number of pyridine rings is 1. The lowest BCUT2D eigenvalue weighted by molar-refractivity contribution is 0.545. The third kappa shape index (κ3) is 6.08. The molecule has 1 unspecified atom stereocenters. The van der Waals surface area contributed by atoms with Gasteiger partial charge in [-0.1, -0.05) is 24.6 Å². The lowest BCUT2D eigenvalue weighted by Gasteiger charge is -2.18. The average Bonchev–Trinajstić information content (AvgIpc) is 2.52.